The second-order valence-electron chi connectivity index (χ2n) is 2.35. The molecule has 1 heteroatoms. The first-order valence-electron chi connectivity index (χ1n) is 3.90. The third-order valence-corrected chi connectivity index (χ3v) is 1.13. The molecule has 0 aromatic rings. The van der Waals surface area contributed by atoms with Gasteiger partial charge < -0.3 is 6.42 Å². The first-order chi connectivity index (χ1) is 5.35. The Morgan fingerprint density at radius 1 is 1.50 bits per heavy atom. The average Bonchev–Trinajstić information content (AvgIpc) is 2.42. The summed E-state index contributed by atoms with van der Waals surface area (Å²) in [5, 5.41) is 0. The summed E-state index contributed by atoms with van der Waals surface area (Å²) in [5.41, 5.74) is 1.35. The Kier molecular flexibility index (Phi) is 12.5. The minimum absolute atomic E-state index is 0. The molecule has 1 aliphatic carbocycles. The van der Waals surface area contributed by atoms with Crippen LogP contribution in [0.15, 0.2) is 36.0 Å². The second-order valence-corrected chi connectivity index (χ2v) is 2.35. The Bertz CT molecular complexity index is 164. The molecule has 0 nitrogen and oxygen atoms in total. The van der Waals surface area contributed by atoms with Gasteiger partial charge in [0.05, 0.1) is 0 Å². The van der Waals surface area contributed by atoms with E-state index in [1.165, 1.54) is 5.57 Å². The van der Waals surface area contributed by atoms with E-state index in [1.807, 2.05) is 32.4 Å². The summed E-state index contributed by atoms with van der Waals surface area (Å²) in [6.45, 7) is 7.60. The predicted molar refractivity (Wildman–Crippen MR) is 52.0 cm³/mol. The van der Waals surface area contributed by atoms with Gasteiger partial charge in [-0.15, -0.1) is 5.57 Å². The smallest absolute Gasteiger partial charge is 0.335 e. The van der Waals surface area contributed by atoms with E-state index in [-0.39, 0.29) is 16.5 Å². The van der Waals surface area contributed by atoms with Crippen LogP contribution in [0.2, 0.25) is 0 Å². The standard InChI is InChI=1S/C8H9.C3H7.Ni/c1-2-5-8-6-3-4-7-8;1-3-2;/h2-6H,1,7H2;3H,1-2H3;/q2*-1;+2. The van der Waals surface area contributed by atoms with E-state index in [4.69, 9.17) is 0 Å². The fourth-order valence-corrected chi connectivity index (χ4v) is 0.739. The molecule has 0 unspecified atom stereocenters. The van der Waals surface area contributed by atoms with Gasteiger partial charge in [-0.3, -0.25) is 0 Å². The normalized spacial score (nSPS) is 13.3. The first kappa shape index (κ1) is 14.1. The molecular weight excluding hydrogens is 191 g/mol. The van der Waals surface area contributed by atoms with Crippen molar-refractivity contribution < 1.29 is 16.5 Å². The third kappa shape index (κ3) is 7.69. The SMILES string of the molecule is C[CH-]C.[CH2-]C=CC1=CC=CC1.[Ni+2]. The minimum Gasteiger partial charge on any atom is -0.335 e. The Labute approximate surface area is 86.4 Å². The van der Waals surface area contributed by atoms with Crippen LogP contribution in [0.3, 0.4) is 0 Å². The van der Waals surface area contributed by atoms with Crippen LogP contribution in [0.5, 0.6) is 0 Å². The average molecular weight is 207 g/mol. The van der Waals surface area contributed by atoms with Crippen molar-refractivity contribution in [3.63, 3.8) is 0 Å². The number of hydrogen-bond acceptors (Lipinski definition) is 0. The van der Waals surface area contributed by atoms with Gasteiger partial charge in [-0.2, -0.15) is 13.8 Å². The molecule has 0 heterocycles. The summed E-state index contributed by atoms with van der Waals surface area (Å²) in [4.78, 5) is 0. The molecule has 1 rings (SSSR count). The van der Waals surface area contributed by atoms with E-state index in [9.17, 15) is 0 Å². The third-order valence-electron chi connectivity index (χ3n) is 1.13. The van der Waals surface area contributed by atoms with Crippen LogP contribution < -0.4 is 0 Å². The quantitative estimate of drug-likeness (QED) is 0.455. The van der Waals surface area contributed by atoms with Crippen LogP contribution in [0.1, 0.15) is 20.3 Å². The summed E-state index contributed by atoms with van der Waals surface area (Å²) in [6, 6.07) is 0. The van der Waals surface area contributed by atoms with Gasteiger partial charge in [0.1, 0.15) is 0 Å². The van der Waals surface area contributed by atoms with E-state index < -0.39 is 0 Å². The zero-order valence-electron chi connectivity index (χ0n) is 7.69. The maximum Gasteiger partial charge on any atom is 2.00 e. The molecule has 0 radical (unpaired) electrons. The maximum atomic E-state index is 3.60. The summed E-state index contributed by atoms with van der Waals surface area (Å²) < 4.78 is 0. The molecule has 0 amide bonds. The van der Waals surface area contributed by atoms with Crippen molar-refractivity contribution in [2.45, 2.75) is 20.3 Å². The van der Waals surface area contributed by atoms with Gasteiger partial charge >= 0.3 is 16.5 Å². The number of rotatable bonds is 1. The van der Waals surface area contributed by atoms with E-state index in [0.717, 1.165) is 6.42 Å². The van der Waals surface area contributed by atoms with Gasteiger partial charge in [-0.05, 0) is 6.42 Å². The van der Waals surface area contributed by atoms with Crippen molar-refractivity contribution in [3.8, 4) is 0 Å². The molecule has 0 spiro atoms. The summed E-state index contributed by atoms with van der Waals surface area (Å²) in [6.07, 6.45) is 13.2. The van der Waals surface area contributed by atoms with Crippen LogP contribution in [0.4, 0.5) is 0 Å². The molecule has 0 bridgehead atoms. The van der Waals surface area contributed by atoms with Crippen molar-refractivity contribution in [2.24, 2.45) is 0 Å². The first-order valence-corrected chi connectivity index (χ1v) is 3.90. The van der Waals surface area contributed by atoms with Gasteiger partial charge in [-0.25, -0.2) is 19.1 Å². The maximum absolute atomic E-state index is 3.60. The molecule has 0 N–H and O–H groups in total. The molecule has 1 aliphatic rings. The minimum atomic E-state index is 0. The Hall–Kier alpha value is -0.416. The number of allylic oxidation sites excluding steroid dienone is 6. The fraction of sp³-hybridized carbons (Fsp3) is 0.273. The Morgan fingerprint density at radius 3 is 2.42 bits per heavy atom. The van der Waals surface area contributed by atoms with E-state index in [1.54, 1.807) is 0 Å². The van der Waals surface area contributed by atoms with Crippen LogP contribution in [0, 0.1) is 13.3 Å². The second kappa shape index (κ2) is 10.6. The molecule has 0 saturated carbocycles. The van der Waals surface area contributed by atoms with Crippen LogP contribution in [0.25, 0.3) is 0 Å². The molecule has 0 atom stereocenters. The van der Waals surface area contributed by atoms with Crippen molar-refractivity contribution in [1.29, 1.82) is 0 Å². The molecule has 12 heavy (non-hydrogen) atoms. The zero-order chi connectivity index (χ0) is 8.53. The van der Waals surface area contributed by atoms with Crippen LogP contribution in [-0.4, -0.2) is 0 Å². The molecular formula is C11H16Ni. The summed E-state index contributed by atoms with van der Waals surface area (Å²) in [7, 11) is 0. The van der Waals surface area contributed by atoms with Gasteiger partial charge in [0.15, 0.2) is 0 Å². The Balaban J connectivity index is 0. The van der Waals surface area contributed by atoms with E-state index in [0.29, 0.717) is 0 Å². The van der Waals surface area contributed by atoms with Crippen molar-refractivity contribution in [2.75, 3.05) is 0 Å². The summed E-state index contributed by atoms with van der Waals surface area (Å²) in [5.74, 6) is 0. The largest absolute Gasteiger partial charge is 2.00 e. The molecule has 0 saturated heterocycles. The molecule has 0 aromatic heterocycles. The molecule has 0 aliphatic heterocycles. The molecule has 0 fully saturated rings. The Morgan fingerprint density at radius 2 is 2.08 bits per heavy atom. The number of hydrogen-bond donors (Lipinski definition) is 0. The van der Waals surface area contributed by atoms with Gasteiger partial charge in [0.2, 0.25) is 0 Å². The van der Waals surface area contributed by atoms with Crippen molar-refractivity contribution in [3.05, 3.63) is 49.3 Å². The van der Waals surface area contributed by atoms with E-state index >= 15 is 0 Å². The molecule has 70 valence electrons. The fourth-order valence-electron chi connectivity index (χ4n) is 0.739. The topological polar surface area (TPSA) is 0 Å². The van der Waals surface area contributed by atoms with Gasteiger partial charge in [-0.1, -0.05) is 18.2 Å². The predicted octanol–water partition coefficient (Wildman–Crippen LogP) is 3.49. The van der Waals surface area contributed by atoms with Gasteiger partial charge in [0.25, 0.3) is 0 Å². The van der Waals surface area contributed by atoms with Crippen molar-refractivity contribution >= 4 is 0 Å². The van der Waals surface area contributed by atoms with Gasteiger partial charge in [0, 0.05) is 0 Å². The summed E-state index contributed by atoms with van der Waals surface area (Å²) >= 11 is 0. The zero-order valence-corrected chi connectivity index (χ0v) is 8.68. The van der Waals surface area contributed by atoms with Crippen LogP contribution in [-0.2, 0) is 16.5 Å². The molecule has 0 aromatic carbocycles. The van der Waals surface area contributed by atoms with Crippen LogP contribution >= 0.6 is 0 Å². The van der Waals surface area contributed by atoms with Crippen molar-refractivity contribution in [1.82, 2.24) is 0 Å². The van der Waals surface area contributed by atoms with E-state index in [2.05, 4.69) is 25.2 Å². The monoisotopic (exact) mass is 206 g/mol.